The summed E-state index contributed by atoms with van der Waals surface area (Å²) in [7, 11) is 6.10. The Balaban J connectivity index is 0.00000181. The molecule has 30 heavy (non-hydrogen) atoms. The van der Waals surface area contributed by atoms with Gasteiger partial charge in [0.15, 0.2) is 0 Å². The van der Waals surface area contributed by atoms with Crippen LogP contribution in [0.15, 0.2) is 61.4 Å². The van der Waals surface area contributed by atoms with Gasteiger partial charge in [0.1, 0.15) is 5.82 Å². The van der Waals surface area contributed by atoms with Gasteiger partial charge in [-0.25, -0.2) is 4.98 Å². The first kappa shape index (κ1) is 19.9. The van der Waals surface area contributed by atoms with Gasteiger partial charge in [0.2, 0.25) is 5.91 Å². The fourth-order valence-corrected chi connectivity index (χ4v) is 4.28. The quantitative estimate of drug-likeness (QED) is 0.672. The van der Waals surface area contributed by atoms with Crippen molar-refractivity contribution in [3.63, 3.8) is 0 Å². The third-order valence-corrected chi connectivity index (χ3v) is 5.65. The average Bonchev–Trinajstić information content (AvgIpc) is 3.13. The standard InChI is InChI=1S/C24H27N5O.2H2/c1-15-20-18(23(25)30)6-5-7-19(20)27-22(21(15)24-26-12-13-29(24)4)17-10-8-16(9-11-17)14-28(2)3;;/h5-13,21-22,27H,1,14H2,2-4H3,(H2,25,30);2*1H. The Kier molecular flexibility index (Phi) is 5.18. The van der Waals surface area contributed by atoms with E-state index >= 15 is 0 Å². The molecule has 158 valence electrons. The number of benzene rings is 2. The number of anilines is 1. The predicted octanol–water partition coefficient (Wildman–Crippen LogP) is 4.04. The van der Waals surface area contributed by atoms with Crippen molar-refractivity contribution >= 4 is 17.2 Å². The second kappa shape index (κ2) is 7.80. The van der Waals surface area contributed by atoms with Gasteiger partial charge in [-0.3, -0.25) is 4.79 Å². The van der Waals surface area contributed by atoms with Crippen LogP contribution in [0.5, 0.6) is 0 Å². The Morgan fingerprint density at radius 3 is 2.60 bits per heavy atom. The highest BCUT2D eigenvalue weighted by molar-refractivity contribution is 6.02. The van der Waals surface area contributed by atoms with Crippen molar-refractivity contribution in [2.75, 3.05) is 19.4 Å². The van der Waals surface area contributed by atoms with Crippen LogP contribution in [0.3, 0.4) is 0 Å². The maximum absolute atomic E-state index is 12.1. The summed E-state index contributed by atoms with van der Waals surface area (Å²) in [4.78, 5) is 18.8. The van der Waals surface area contributed by atoms with Crippen molar-refractivity contribution in [2.24, 2.45) is 12.8 Å². The molecule has 1 amide bonds. The largest absolute Gasteiger partial charge is 0.377 e. The fraction of sp³-hybridized carbons (Fsp3) is 0.250. The minimum absolute atomic E-state index is 0. The number of nitrogens with one attached hydrogen (secondary N) is 1. The number of imidazole rings is 1. The van der Waals surface area contributed by atoms with Crippen LogP contribution in [-0.4, -0.2) is 34.5 Å². The molecule has 4 rings (SSSR count). The van der Waals surface area contributed by atoms with Crippen LogP contribution in [0.2, 0.25) is 0 Å². The van der Waals surface area contributed by atoms with Crippen molar-refractivity contribution in [3.8, 4) is 0 Å². The molecule has 2 atom stereocenters. The van der Waals surface area contributed by atoms with Crippen LogP contribution in [0.4, 0.5) is 5.69 Å². The molecule has 2 heterocycles. The first-order chi connectivity index (χ1) is 14.4. The molecule has 0 spiro atoms. The Morgan fingerprint density at radius 1 is 1.27 bits per heavy atom. The van der Waals surface area contributed by atoms with Gasteiger partial charge in [-0.2, -0.15) is 0 Å². The summed E-state index contributed by atoms with van der Waals surface area (Å²) in [5.41, 5.74) is 11.0. The van der Waals surface area contributed by atoms with Crippen molar-refractivity contribution in [2.45, 2.75) is 18.5 Å². The normalized spacial score (nSPS) is 18.2. The Bertz CT molecular complexity index is 1110. The summed E-state index contributed by atoms with van der Waals surface area (Å²) in [6.45, 7) is 5.29. The van der Waals surface area contributed by atoms with Crippen LogP contribution in [0.1, 0.15) is 47.7 Å². The number of carbonyl (C=O) groups excluding carboxylic acids is 1. The van der Waals surface area contributed by atoms with Gasteiger partial charge in [-0.05, 0) is 42.9 Å². The van der Waals surface area contributed by atoms with Crippen molar-refractivity contribution in [1.82, 2.24) is 14.5 Å². The lowest BCUT2D eigenvalue weighted by Crippen LogP contribution is -2.29. The molecule has 0 saturated carbocycles. The van der Waals surface area contributed by atoms with E-state index in [9.17, 15) is 4.79 Å². The zero-order chi connectivity index (χ0) is 21.4. The summed E-state index contributed by atoms with van der Waals surface area (Å²) in [5, 5.41) is 3.63. The summed E-state index contributed by atoms with van der Waals surface area (Å²) < 4.78 is 2.00. The molecule has 6 heteroatoms. The SMILES string of the molecule is C=C1c2c(cccc2C(N)=O)NC(c2ccc(CN(C)C)cc2)C1c1nccn1C.[HH].[HH]. The summed E-state index contributed by atoms with van der Waals surface area (Å²) in [6.07, 6.45) is 3.71. The molecule has 0 saturated heterocycles. The molecular weight excluding hydrogens is 374 g/mol. The predicted molar refractivity (Wildman–Crippen MR) is 124 cm³/mol. The number of primary amides is 1. The smallest absolute Gasteiger partial charge is 0.249 e. The average molecular weight is 406 g/mol. The lowest BCUT2D eigenvalue weighted by molar-refractivity contribution is 0.1000. The molecule has 6 nitrogen and oxygen atoms in total. The highest BCUT2D eigenvalue weighted by Gasteiger charge is 2.37. The monoisotopic (exact) mass is 405 g/mol. The minimum Gasteiger partial charge on any atom is -0.377 e. The molecule has 3 aromatic rings. The molecule has 2 unspecified atom stereocenters. The highest BCUT2D eigenvalue weighted by atomic mass is 16.1. The van der Waals surface area contributed by atoms with E-state index in [4.69, 9.17) is 5.73 Å². The maximum Gasteiger partial charge on any atom is 0.249 e. The Hall–Kier alpha value is -3.38. The molecular formula is C24H31N5O. The van der Waals surface area contributed by atoms with E-state index in [1.807, 2.05) is 29.9 Å². The molecule has 0 fully saturated rings. The van der Waals surface area contributed by atoms with E-state index in [2.05, 4.69) is 60.1 Å². The maximum atomic E-state index is 12.1. The van der Waals surface area contributed by atoms with Crippen LogP contribution in [0, 0.1) is 0 Å². The summed E-state index contributed by atoms with van der Waals surface area (Å²) in [5.74, 6) is 0.289. The first-order valence-corrected chi connectivity index (χ1v) is 9.96. The van der Waals surface area contributed by atoms with Gasteiger partial charge in [0.05, 0.1) is 12.0 Å². The van der Waals surface area contributed by atoms with Gasteiger partial charge < -0.3 is 20.5 Å². The number of carbonyl (C=O) groups is 1. The number of amides is 1. The first-order valence-electron chi connectivity index (χ1n) is 9.96. The van der Waals surface area contributed by atoms with Crippen LogP contribution >= 0.6 is 0 Å². The minimum atomic E-state index is -0.458. The molecule has 2 aromatic carbocycles. The molecule has 3 N–H and O–H groups in total. The van der Waals surface area contributed by atoms with Crippen molar-refractivity contribution in [1.29, 1.82) is 0 Å². The number of hydrogen-bond donors (Lipinski definition) is 2. The van der Waals surface area contributed by atoms with E-state index in [0.29, 0.717) is 5.56 Å². The third kappa shape index (κ3) is 3.50. The molecule has 1 aromatic heterocycles. The summed E-state index contributed by atoms with van der Waals surface area (Å²) in [6, 6.07) is 14.1. The third-order valence-electron chi connectivity index (χ3n) is 5.65. The Labute approximate surface area is 180 Å². The van der Waals surface area contributed by atoms with E-state index in [-0.39, 0.29) is 14.8 Å². The number of fused-ring (bicyclic) bond motifs is 1. The van der Waals surface area contributed by atoms with Gasteiger partial charge in [0, 0.05) is 45.7 Å². The van der Waals surface area contributed by atoms with E-state index in [1.54, 1.807) is 12.3 Å². The van der Waals surface area contributed by atoms with E-state index in [0.717, 1.165) is 34.8 Å². The number of nitrogens with zero attached hydrogens (tertiary/aromatic N) is 3. The zero-order valence-corrected chi connectivity index (χ0v) is 17.6. The topological polar surface area (TPSA) is 76.2 Å². The van der Waals surface area contributed by atoms with Crippen molar-refractivity contribution in [3.05, 3.63) is 89.5 Å². The number of hydrogen-bond acceptors (Lipinski definition) is 4. The fourth-order valence-electron chi connectivity index (χ4n) is 4.28. The summed E-state index contributed by atoms with van der Waals surface area (Å²) >= 11 is 0. The van der Waals surface area contributed by atoms with E-state index in [1.165, 1.54) is 5.56 Å². The number of nitrogens with two attached hydrogens (primary N) is 1. The van der Waals surface area contributed by atoms with E-state index < -0.39 is 5.91 Å². The Morgan fingerprint density at radius 2 is 2.00 bits per heavy atom. The second-order valence-electron chi connectivity index (χ2n) is 8.09. The molecule has 0 radical (unpaired) electrons. The lowest BCUT2D eigenvalue weighted by Gasteiger charge is -2.37. The molecule has 0 aliphatic carbocycles. The lowest BCUT2D eigenvalue weighted by atomic mass is 9.78. The molecule has 0 bridgehead atoms. The highest BCUT2D eigenvalue weighted by Crippen LogP contribution is 2.49. The van der Waals surface area contributed by atoms with Crippen molar-refractivity contribution < 1.29 is 7.65 Å². The van der Waals surface area contributed by atoms with Crippen LogP contribution in [-0.2, 0) is 13.6 Å². The molecule has 1 aliphatic heterocycles. The van der Waals surface area contributed by atoms with Crippen LogP contribution < -0.4 is 11.1 Å². The second-order valence-corrected chi connectivity index (χ2v) is 8.09. The molecule has 1 aliphatic rings. The number of aryl methyl sites for hydroxylation is 1. The van der Waals surface area contributed by atoms with Crippen LogP contribution in [0.25, 0.3) is 5.57 Å². The zero-order valence-electron chi connectivity index (χ0n) is 17.6. The van der Waals surface area contributed by atoms with Gasteiger partial charge >= 0.3 is 0 Å². The number of rotatable bonds is 5. The number of aromatic nitrogens is 2. The van der Waals surface area contributed by atoms with Gasteiger partial charge in [-0.15, -0.1) is 0 Å². The van der Waals surface area contributed by atoms with Gasteiger partial charge in [-0.1, -0.05) is 36.9 Å². The van der Waals surface area contributed by atoms with Gasteiger partial charge in [0.25, 0.3) is 0 Å².